The first kappa shape index (κ1) is 11.4. The minimum absolute atomic E-state index is 0.227. The molecule has 1 amide bonds. The molecule has 1 aliphatic rings. The molecule has 1 fully saturated rings. The van der Waals surface area contributed by atoms with Gasteiger partial charge in [-0.2, -0.15) is 0 Å². The molecule has 4 atom stereocenters. The zero-order valence-corrected chi connectivity index (χ0v) is 7.97. The number of aliphatic hydroxyl groups is 3. The van der Waals surface area contributed by atoms with E-state index in [0.29, 0.717) is 6.54 Å². The first-order valence-corrected chi connectivity index (χ1v) is 4.53. The van der Waals surface area contributed by atoms with Crippen molar-refractivity contribution in [2.75, 3.05) is 13.2 Å². The van der Waals surface area contributed by atoms with Crippen LogP contribution in [0.2, 0.25) is 0 Å². The van der Waals surface area contributed by atoms with Gasteiger partial charge in [-0.1, -0.05) is 0 Å². The minimum Gasteiger partial charge on any atom is -0.394 e. The van der Waals surface area contributed by atoms with E-state index in [1.165, 1.54) is 6.92 Å². The Labute approximate surface area is 81.9 Å². The van der Waals surface area contributed by atoms with Crippen LogP contribution in [0.25, 0.3) is 0 Å². The summed E-state index contributed by atoms with van der Waals surface area (Å²) >= 11 is 0. The molecule has 14 heavy (non-hydrogen) atoms. The number of hydrogen-bond acceptors (Lipinski definition) is 5. The van der Waals surface area contributed by atoms with Gasteiger partial charge in [0.1, 0.15) is 0 Å². The lowest BCUT2D eigenvalue weighted by Crippen LogP contribution is -2.48. The van der Waals surface area contributed by atoms with Crippen LogP contribution in [0.4, 0.5) is 0 Å². The molecule has 82 valence electrons. The van der Waals surface area contributed by atoms with Crippen molar-refractivity contribution in [1.29, 1.82) is 0 Å². The number of amides is 1. The van der Waals surface area contributed by atoms with Crippen LogP contribution in [0.5, 0.6) is 0 Å². The maximum atomic E-state index is 10.7. The molecule has 6 nitrogen and oxygen atoms in total. The summed E-state index contributed by atoms with van der Waals surface area (Å²) in [5, 5.41) is 33.0. The Bertz CT molecular complexity index is 212. The summed E-state index contributed by atoms with van der Waals surface area (Å²) in [5.74, 6) is -0.227. The fourth-order valence-electron chi connectivity index (χ4n) is 1.63. The third-order valence-corrected chi connectivity index (χ3v) is 2.34. The summed E-state index contributed by atoms with van der Waals surface area (Å²) in [6.07, 6.45) is -1.88. The summed E-state index contributed by atoms with van der Waals surface area (Å²) in [5.41, 5.74) is 0. The van der Waals surface area contributed by atoms with Crippen molar-refractivity contribution in [2.45, 2.75) is 31.2 Å². The van der Waals surface area contributed by atoms with Gasteiger partial charge >= 0.3 is 0 Å². The molecule has 6 heteroatoms. The van der Waals surface area contributed by atoms with Gasteiger partial charge in [-0.05, 0) is 0 Å². The fourth-order valence-corrected chi connectivity index (χ4v) is 1.63. The largest absolute Gasteiger partial charge is 0.394 e. The predicted molar refractivity (Wildman–Crippen MR) is 48.5 cm³/mol. The second-order valence-electron chi connectivity index (χ2n) is 3.48. The number of aliphatic hydroxyl groups excluding tert-OH is 3. The normalized spacial score (nSPS) is 34.1. The molecule has 0 aromatic heterocycles. The Balaban J connectivity index is 2.50. The van der Waals surface area contributed by atoms with Crippen LogP contribution in [0, 0.1) is 0 Å². The monoisotopic (exact) mass is 204 g/mol. The molecule has 0 saturated carbocycles. The average molecular weight is 204 g/mol. The number of carbonyl (C=O) groups is 1. The Kier molecular flexibility index (Phi) is 3.82. The van der Waals surface area contributed by atoms with E-state index in [9.17, 15) is 15.0 Å². The first-order chi connectivity index (χ1) is 6.56. The standard InChI is InChI=1S/C8H16N2O4/c1-4(12)10-5-2-9-7(8(5)14)6(13)3-11/h5-9,11,13-14H,2-3H2,1H3,(H,10,12)/t5-,6+,7+,8+/m0/s1. The van der Waals surface area contributed by atoms with Gasteiger partial charge < -0.3 is 26.0 Å². The van der Waals surface area contributed by atoms with E-state index in [4.69, 9.17) is 5.11 Å². The zero-order chi connectivity index (χ0) is 10.7. The highest BCUT2D eigenvalue weighted by atomic mass is 16.3. The van der Waals surface area contributed by atoms with Gasteiger partial charge in [-0.3, -0.25) is 4.79 Å². The van der Waals surface area contributed by atoms with Crippen LogP contribution in [0.15, 0.2) is 0 Å². The van der Waals surface area contributed by atoms with E-state index >= 15 is 0 Å². The number of carbonyl (C=O) groups excluding carboxylic acids is 1. The Morgan fingerprint density at radius 2 is 2.36 bits per heavy atom. The Morgan fingerprint density at radius 3 is 2.86 bits per heavy atom. The zero-order valence-electron chi connectivity index (χ0n) is 7.97. The van der Waals surface area contributed by atoms with E-state index in [-0.39, 0.29) is 5.91 Å². The van der Waals surface area contributed by atoms with Crippen LogP contribution in [0.3, 0.4) is 0 Å². The maximum absolute atomic E-state index is 10.7. The smallest absolute Gasteiger partial charge is 0.217 e. The van der Waals surface area contributed by atoms with Crippen LogP contribution in [-0.4, -0.2) is 58.7 Å². The van der Waals surface area contributed by atoms with Crippen LogP contribution in [0.1, 0.15) is 6.92 Å². The SMILES string of the molecule is CC(=O)N[C@H]1CN[C@H]([C@H](O)CO)[C@@H]1O. The molecule has 1 rings (SSSR count). The van der Waals surface area contributed by atoms with Crippen LogP contribution < -0.4 is 10.6 Å². The predicted octanol–water partition coefficient (Wildman–Crippen LogP) is -2.82. The lowest BCUT2D eigenvalue weighted by Gasteiger charge is -2.22. The van der Waals surface area contributed by atoms with Gasteiger partial charge in [-0.25, -0.2) is 0 Å². The van der Waals surface area contributed by atoms with E-state index in [1.807, 2.05) is 0 Å². The molecule has 0 spiro atoms. The van der Waals surface area contributed by atoms with Crippen molar-refractivity contribution in [3.05, 3.63) is 0 Å². The van der Waals surface area contributed by atoms with Gasteiger partial charge in [0.2, 0.25) is 5.91 Å². The summed E-state index contributed by atoms with van der Waals surface area (Å²) in [4.78, 5) is 10.7. The summed E-state index contributed by atoms with van der Waals surface area (Å²) in [6.45, 7) is 1.34. The maximum Gasteiger partial charge on any atom is 0.217 e. The third-order valence-electron chi connectivity index (χ3n) is 2.34. The number of hydrogen-bond donors (Lipinski definition) is 5. The van der Waals surface area contributed by atoms with Crippen LogP contribution >= 0.6 is 0 Å². The highest BCUT2D eigenvalue weighted by Crippen LogP contribution is 2.11. The molecule has 1 saturated heterocycles. The molecule has 0 radical (unpaired) electrons. The molecule has 0 aromatic rings. The van der Waals surface area contributed by atoms with Gasteiger partial charge in [0, 0.05) is 13.5 Å². The number of nitrogens with one attached hydrogen (secondary N) is 2. The fraction of sp³-hybridized carbons (Fsp3) is 0.875. The van der Waals surface area contributed by atoms with Gasteiger partial charge in [-0.15, -0.1) is 0 Å². The highest BCUT2D eigenvalue weighted by Gasteiger charge is 2.38. The molecular formula is C8H16N2O4. The number of rotatable bonds is 3. The summed E-state index contributed by atoms with van der Waals surface area (Å²) < 4.78 is 0. The van der Waals surface area contributed by atoms with Crippen molar-refractivity contribution in [2.24, 2.45) is 0 Å². The second kappa shape index (κ2) is 4.70. The van der Waals surface area contributed by atoms with Crippen molar-refractivity contribution < 1.29 is 20.1 Å². The van der Waals surface area contributed by atoms with Crippen LogP contribution in [-0.2, 0) is 4.79 Å². The summed E-state index contributed by atoms with van der Waals surface area (Å²) in [6, 6.07) is -0.990. The molecule has 0 unspecified atom stereocenters. The van der Waals surface area contributed by atoms with Gasteiger partial charge in [0.25, 0.3) is 0 Å². The molecule has 5 N–H and O–H groups in total. The topological polar surface area (TPSA) is 102 Å². The molecule has 0 bridgehead atoms. The van der Waals surface area contributed by atoms with Crippen molar-refractivity contribution in [3.8, 4) is 0 Å². The molecular weight excluding hydrogens is 188 g/mol. The lowest BCUT2D eigenvalue weighted by atomic mass is 10.0. The Morgan fingerprint density at radius 1 is 1.71 bits per heavy atom. The van der Waals surface area contributed by atoms with E-state index in [2.05, 4.69) is 10.6 Å². The summed E-state index contributed by atoms with van der Waals surface area (Å²) in [7, 11) is 0. The average Bonchev–Trinajstić information content (AvgIpc) is 2.46. The molecule has 0 aromatic carbocycles. The Hall–Kier alpha value is -0.690. The van der Waals surface area contributed by atoms with Crippen molar-refractivity contribution in [1.82, 2.24) is 10.6 Å². The van der Waals surface area contributed by atoms with Gasteiger partial charge in [0.05, 0.1) is 30.9 Å². The first-order valence-electron chi connectivity index (χ1n) is 4.53. The van der Waals surface area contributed by atoms with Gasteiger partial charge in [0.15, 0.2) is 0 Å². The molecule has 1 aliphatic heterocycles. The minimum atomic E-state index is -1.01. The molecule has 0 aliphatic carbocycles. The third kappa shape index (κ3) is 2.42. The highest BCUT2D eigenvalue weighted by molar-refractivity contribution is 5.73. The van der Waals surface area contributed by atoms with Crippen molar-refractivity contribution in [3.63, 3.8) is 0 Å². The van der Waals surface area contributed by atoms with E-state index in [0.717, 1.165) is 0 Å². The van der Waals surface area contributed by atoms with E-state index in [1.54, 1.807) is 0 Å². The second-order valence-corrected chi connectivity index (χ2v) is 3.48. The lowest BCUT2D eigenvalue weighted by molar-refractivity contribution is -0.120. The van der Waals surface area contributed by atoms with Crippen molar-refractivity contribution >= 4 is 5.91 Å². The molecule has 1 heterocycles. The quantitative estimate of drug-likeness (QED) is 0.341. The van der Waals surface area contributed by atoms with E-state index < -0.39 is 30.9 Å².